The van der Waals surface area contributed by atoms with Gasteiger partial charge in [-0.3, -0.25) is 4.79 Å². The van der Waals surface area contributed by atoms with Crippen LogP contribution in [0.15, 0.2) is 6.20 Å². The van der Waals surface area contributed by atoms with Crippen molar-refractivity contribution in [2.24, 2.45) is 11.3 Å². The number of aliphatic carboxylic acids is 1. The Labute approximate surface area is 109 Å². The Hall–Kier alpha value is -1.92. The second-order valence-corrected chi connectivity index (χ2v) is 5.37. The number of nitrogens with zero attached hydrogens (tertiary/aromatic N) is 3. The first-order valence-corrected chi connectivity index (χ1v) is 6.28. The van der Waals surface area contributed by atoms with Crippen LogP contribution in [-0.2, 0) is 4.79 Å². The van der Waals surface area contributed by atoms with E-state index in [-0.39, 0.29) is 17.2 Å². The summed E-state index contributed by atoms with van der Waals surface area (Å²) in [5, 5.41) is 9.23. The first-order valence-electron chi connectivity index (χ1n) is 6.28. The minimum atomic E-state index is -0.725. The molecule has 3 N–H and O–H groups in total. The molecular weight excluding hydrogens is 251 g/mol. The van der Waals surface area contributed by atoms with Gasteiger partial charge in [-0.15, -0.1) is 0 Å². The molecule has 1 aromatic heterocycles. The van der Waals surface area contributed by atoms with E-state index in [1.54, 1.807) is 0 Å². The fraction of sp³-hybridized carbons (Fsp3) is 0.583. The van der Waals surface area contributed by atoms with E-state index in [1.165, 1.54) is 0 Å². The Morgan fingerprint density at radius 1 is 1.58 bits per heavy atom. The highest BCUT2D eigenvalue weighted by Crippen LogP contribution is 2.56. The van der Waals surface area contributed by atoms with Gasteiger partial charge in [0, 0.05) is 18.5 Å². The zero-order valence-corrected chi connectivity index (χ0v) is 10.3. The van der Waals surface area contributed by atoms with Crippen molar-refractivity contribution in [2.75, 3.05) is 23.7 Å². The fourth-order valence-electron chi connectivity index (χ4n) is 2.91. The lowest BCUT2D eigenvalue weighted by molar-refractivity contribution is -0.145. The van der Waals surface area contributed by atoms with Gasteiger partial charge in [0.05, 0.1) is 12.1 Å². The topological polar surface area (TPSA) is 92.3 Å². The molecule has 2 fully saturated rings. The number of carboxylic acid groups (broad SMARTS) is 1. The molecule has 2 heterocycles. The van der Waals surface area contributed by atoms with Crippen molar-refractivity contribution < 1.29 is 14.3 Å². The number of aromatic nitrogens is 2. The standard InChI is InChI=1S/C12H15FN4O2/c13-8-5-15-11(16-9(8)14)17-4-1-7(10(18)19)12(6-17)2-3-12/h5,7H,1-4,6H2,(H,18,19)(H2,14,15,16). The summed E-state index contributed by atoms with van der Waals surface area (Å²) in [6, 6.07) is 0. The molecule has 1 saturated heterocycles. The van der Waals surface area contributed by atoms with Gasteiger partial charge < -0.3 is 15.7 Å². The number of piperidine rings is 1. The molecule has 1 atom stereocenters. The first-order chi connectivity index (χ1) is 9.02. The van der Waals surface area contributed by atoms with Crippen molar-refractivity contribution in [3.63, 3.8) is 0 Å². The van der Waals surface area contributed by atoms with Crippen molar-refractivity contribution in [3.8, 4) is 0 Å². The molecule has 1 spiro atoms. The van der Waals surface area contributed by atoms with E-state index in [0.717, 1.165) is 19.0 Å². The number of nitrogen functional groups attached to an aromatic ring is 1. The van der Waals surface area contributed by atoms with Crippen LogP contribution in [0, 0.1) is 17.2 Å². The van der Waals surface area contributed by atoms with E-state index in [2.05, 4.69) is 9.97 Å². The van der Waals surface area contributed by atoms with Crippen LogP contribution < -0.4 is 10.6 Å². The molecule has 1 aromatic rings. The minimum absolute atomic E-state index is 0.156. The maximum Gasteiger partial charge on any atom is 0.307 e. The Kier molecular flexibility index (Phi) is 2.58. The van der Waals surface area contributed by atoms with E-state index < -0.39 is 11.8 Å². The van der Waals surface area contributed by atoms with Crippen molar-refractivity contribution in [2.45, 2.75) is 19.3 Å². The predicted octanol–water partition coefficient (Wildman–Crippen LogP) is 0.889. The molecule has 1 unspecified atom stereocenters. The quantitative estimate of drug-likeness (QED) is 0.825. The molecular formula is C12H15FN4O2. The number of hydrogen-bond acceptors (Lipinski definition) is 5. The van der Waals surface area contributed by atoms with Crippen molar-refractivity contribution in [3.05, 3.63) is 12.0 Å². The fourth-order valence-corrected chi connectivity index (χ4v) is 2.91. The van der Waals surface area contributed by atoms with Crippen molar-refractivity contribution in [1.82, 2.24) is 9.97 Å². The van der Waals surface area contributed by atoms with Crippen molar-refractivity contribution in [1.29, 1.82) is 0 Å². The van der Waals surface area contributed by atoms with E-state index in [4.69, 9.17) is 5.73 Å². The number of nitrogens with two attached hydrogens (primary N) is 1. The monoisotopic (exact) mass is 266 g/mol. The van der Waals surface area contributed by atoms with E-state index in [1.807, 2.05) is 4.90 Å². The third-order valence-corrected chi connectivity index (χ3v) is 4.16. The van der Waals surface area contributed by atoms with E-state index in [9.17, 15) is 14.3 Å². The lowest BCUT2D eigenvalue weighted by atomic mass is 9.82. The van der Waals surface area contributed by atoms with Crippen LogP contribution in [0.2, 0.25) is 0 Å². The highest BCUT2D eigenvalue weighted by atomic mass is 19.1. The molecule has 0 bridgehead atoms. The average Bonchev–Trinajstić information content (AvgIpc) is 3.12. The van der Waals surface area contributed by atoms with Crippen molar-refractivity contribution >= 4 is 17.7 Å². The summed E-state index contributed by atoms with van der Waals surface area (Å²) in [4.78, 5) is 21.0. The number of rotatable bonds is 2. The normalized spacial score (nSPS) is 24.5. The molecule has 1 saturated carbocycles. The molecule has 0 aromatic carbocycles. The molecule has 1 aliphatic heterocycles. The van der Waals surface area contributed by atoms with Gasteiger partial charge in [-0.1, -0.05) is 0 Å². The van der Waals surface area contributed by atoms with Crippen LogP contribution >= 0.6 is 0 Å². The largest absolute Gasteiger partial charge is 0.481 e. The number of carboxylic acids is 1. The Morgan fingerprint density at radius 2 is 2.32 bits per heavy atom. The van der Waals surface area contributed by atoms with Crippen LogP contribution in [0.4, 0.5) is 16.2 Å². The number of halogens is 1. The van der Waals surface area contributed by atoms with Gasteiger partial charge in [-0.05, 0) is 19.3 Å². The molecule has 0 amide bonds. The highest BCUT2D eigenvalue weighted by molar-refractivity contribution is 5.72. The lowest BCUT2D eigenvalue weighted by Crippen LogP contribution is -2.45. The Balaban J connectivity index is 1.81. The van der Waals surface area contributed by atoms with Gasteiger partial charge in [0.15, 0.2) is 11.6 Å². The summed E-state index contributed by atoms with van der Waals surface area (Å²) < 4.78 is 13.1. The zero-order chi connectivity index (χ0) is 13.6. The van der Waals surface area contributed by atoms with Crippen LogP contribution in [0.5, 0.6) is 0 Å². The number of hydrogen-bond donors (Lipinski definition) is 2. The lowest BCUT2D eigenvalue weighted by Gasteiger charge is -2.37. The molecule has 6 nitrogen and oxygen atoms in total. The molecule has 1 aliphatic carbocycles. The summed E-state index contributed by atoms with van der Waals surface area (Å²) >= 11 is 0. The molecule has 0 radical (unpaired) electrons. The summed E-state index contributed by atoms with van der Waals surface area (Å²) in [5.74, 6) is -1.44. The molecule has 3 rings (SSSR count). The first kappa shape index (κ1) is 12.1. The SMILES string of the molecule is Nc1nc(N2CCC(C(=O)O)C3(CC3)C2)ncc1F. The number of carbonyl (C=O) groups is 1. The van der Waals surface area contributed by atoms with Gasteiger partial charge >= 0.3 is 5.97 Å². The van der Waals surface area contributed by atoms with Gasteiger partial charge in [0.2, 0.25) is 5.95 Å². The molecule has 102 valence electrons. The zero-order valence-electron chi connectivity index (χ0n) is 10.3. The maximum atomic E-state index is 13.1. The van der Waals surface area contributed by atoms with Crippen LogP contribution in [0.3, 0.4) is 0 Å². The highest BCUT2D eigenvalue weighted by Gasteiger charge is 2.55. The van der Waals surface area contributed by atoms with E-state index in [0.29, 0.717) is 25.5 Å². The minimum Gasteiger partial charge on any atom is -0.481 e. The molecule has 7 heteroatoms. The second kappa shape index (κ2) is 4.04. The third-order valence-electron chi connectivity index (χ3n) is 4.16. The smallest absolute Gasteiger partial charge is 0.307 e. The predicted molar refractivity (Wildman–Crippen MR) is 66.0 cm³/mol. The van der Waals surface area contributed by atoms with E-state index >= 15 is 0 Å². The van der Waals surface area contributed by atoms with Crippen LogP contribution in [0.25, 0.3) is 0 Å². The van der Waals surface area contributed by atoms with Gasteiger partial charge in [-0.25, -0.2) is 9.37 Å². The van der Waals surface area contributed by atoms with Gasteiger partial charge in [0.25, 0.3) is 0 Å². The summed E-state index contributed by atoms with van der Waals surface area (Å²) in [6.07, 6.45) is 3.45. The second-order valence-electron chi connectivity index (χ2n) is 5.37. The Morgan fingerprint density at radius 3 is 2.89 bits per heavy atom. The summed E-state index contributed by atoms with van der Waals surface area (Å²) in [5.41, 5.74) is 5.28. The molecule has 2 aliphatic rings. The van der Waals surface area contributed by atoms with Crippen LogP contribution in [-0.4, -0.2) is 34.1 Å². The summed E-state index contributed by atoms with van der Waals surface area (Å²) in [6.45, 7) is 1.17. The van der Waals surface area contributed by atoms with Crippen LogP contribution in [0.1, 0.15) is 19.3 Å². The third kappa shape index (κ3) is 1.98. The maximum absolute atomic E-state index is 13.1. The van der Waals surface area contributed by atoms with Gasteiger partial charge in [-0.2, -0.15) is 4.98 Å². The Bertz CT molecular complexity index is 532. The summed E-state index contributed by atoms with van der Waals surface area (Å²) in [7, 11) is 0. The average molecular weight is 266 g/mol. The number of anilines is 2. The molecule has 19 heavy (non-hydrogen) atoms. The van der Waals surface area contributed by atoms with Gasteiger partial charge in [0.1, 0.15) is 0 Å².